The molecule has 1 heterocycles. The molecule has 30 heavy (non-hydrogen) atoms. The highest BCUT2D eigenvalue weighted by Gasteiger charge is 2.35. The fourth-order valence-electron chi connectivity index (χ4n) is 2.98. The van der Waals surface area contributed by atoms with E-state index in [1.165, 1.54) is 0 Å². The van der Waals surface area contributed by atoms with Crippen molar-refractivity contribution in [3.63, 3.8) is 0 Å². The molecule has 0 aliphatic rings. The molecule has 0 radical (unpaired) electrons. The molecule has 0 saturated carbocycles. The molecule has 2 aromatic rings. The van der Waals surface area contributed by atoms with Crippen LogP contribution in [0, 0.1) is 0 Å². The average Bonchev–Trinajstić information content (AvgIpc) is 3.15. The van der Waals surface area contributed by atoms with E-state index in [9.17, 15) is 21.6 Å². The highest BCUT2D eigenvalue weighted by molar-refractivity contribution is 7.91. The Hall–Kier alpha value is -2.05. The Bertz CT molecular complexity index is 990. The van der Waals surface area contributed by atoms with Crippen molar-refractivity contribution < 1.29 is 26.0 Å². The summed E-state index contributed by atoms with van der Waals surface area (Å²) in [5.41, 5.74) is -0.622. The molecule has 1 unspecified atom stereocenters. The summed E-state index contributed by atoms with van der Waals surface area (Å²) in [6, 6.07) is 8.54. The van der Waals surface area contributed by atoms with Gasteiger partial charge in [0, 0.05) is 6.42 Å². The first-order chi connectivity index (χ1) is 13.8. The van der Waals surface area contributed by atoms with Gasteiger partial charge in [0.25, 0.3) is 5.16 Å². The molecule has 1 atom stereocenters. The van der Waals surface area contributed by atoms with Crippen molar-refractivity contribution in [2.75, 3.05) is 5.75 Å². The van der Waals surface area contributed by atoms with Gasteiger partial charge in [-0.1, -0.05) is 23.3 Å². The first-order valence-corrected chi connectivity index (χ1v) is 14.4. The fraction of sp³-hybridized carbons (Fsp3) is 0.500. The van der Waals surface area contributed by atoms with Crippen LogP contribution in [0.5, 0.6) is 0 Å². The third-order valence-electron chi connectivity index (χ3n) is 4.25. The number of allylic oxidation sites excluding steroid dienone is 1. The monoisotopic (exact) mass is 462 g/mol. The maximum Gasteiger partial charge on any atom is 0.301 e. The minimum absolute atomic E-state index is 0.0254. The summed E-state index contributed by atoms with van der Waals surface area (Å²) in [6.45, 7) is 7.28. The van der Waals surface area contributed by atoms with Gasteiger partial charge in [-0.25, -0.2) is 12.8 Å². The zero-order valence-corrected chi connectivity index (χ0v) is 19.1. The third-order valence-corrected chi connectivity index (χ3v) is 6.91. The van der Waals surface area contributed by atoms with Crippen molar-refractivity contribution in [3.05, 3.63) is 42.2 Å². The summed E-state index contributed by atoms with van der Waals surface area (Å²) in [6.07, 6.45) is -3.02. The van der Waals surface area contributed by atoms with Crippen LogP contribution in [-0.2, 0) is 14.3 Å². The SMILES string of the molecule is CC(CCC(F)=C(F)F)(CCS(=O)(=O)c1nnnn1-c1ccccc1)O[Si](C)(C)C. The summed E-state index contributed by atoms with van der Waals surface area (Å²) in [5, 5.41) is 10.5. The van der Waals surface area contributed by atoms with Crippen molar-refractivity contribution >= 4 is 18.2 Å². The van der Waals surface area contributed by atoms with Crippen molar-refractivity contribution in [2.24, 2.45) is 0 Å². The van der Waals surface area contributed by atoms with Gasteiger partial charge >= 0.3 is 6.08 Å². The molecule has 0 N–H and O–H groups in total. The number of benzene rings is 1. The number of sulfone groups is 1. The lowest BCUT2D eigenvalue weighted by Crippen LogP contribution is -2.42. The zero-order valence-electron chi connectivity index (χ0n) is 17.3. The Balaban J connectivity index is 2.24. The van der Waals surface area contributed by atoms with E-state index in [1.54, 1.807) is 37.3 Å². The Kier molecular flexibility index (Phi) is 7.58. The van der Waals surface area contributed by atoms with Crippen molar-refractivity contribution in [1.82, 2.24) is 20.2 Å². The minimum Gasteiger partial charge on any atom is -0.412 e. The standard InChI is InChI=1S/C18H25F3N4O3SSi/c1-18(28-30(2,3)4,11-10-15(19)16(20)21)12-13-29(26,27)17-22-23-24-25(17)14-8-6-5-7-9-14/h5-9H,10-13H2,1-4H3. The summed E-state index contributed by atoms with van der Waals surface area (Å²) in [4.78, 5) is 0. The van der Waals surface area contributed by atoms with Crippen LogP contribution >= 0.6 is 0 Å². The Morgan fingerprint density at radius 2 is 1.77 bits per heavy atom. The van der Waals surface area contributed by atoms with Crippen molar-refractivity contribution in [1.29, 1.82) is 0 Å². The summed E-state index contributed by atoms with van der Waals surface area (Å²) in [7, 11) is -6.12. The van der Waals surface area contributed by atoms with Crippen molar-refractivity contribution in [2.45, 2.75) is 56.6 Å². The summed E-state index contributed by atoms with van der Waals surface area (Å²) < 4.78 is 71.3. The zero-order chi connectivity index (χ0) is 22.6. The second kappa shape index (κ2) is 9.39. The molecular weight excluding hydrogens is 437 g/mol. The van der Waals surface area contributed by atoms with Crippen LogP contribution in [-0.4, -0.2) is 48.3 Å². The molecule has 1 aromatic heterocycles. The number of tetrazole rings is 1. The van der Waals surface area contributed by atoms with Crippen LogP contribution in [0.3, 0.4) is 0 Å². The lowest BCUT2D eigenvalue weighted by Gasteiger charge is -2.36. The predicted molar refractivity (Wildman–Crippen MR) is 108 cm³/mol. The second-order valence-corrected chi connectivity index (χ2v) is 14.5. The van der Waals surface area contributed by atoms with Gasteiger partial charge in [0.05, 0.1) is 17.0 Å². The molecule has 166 valence electrons. The highest BCUT2D eigenvalue weighted by atomic mass is 32.2. The Labute approximate surface area is 175 Å². The normalized spacial score (nSPS) is 14.4. The van der Waals surface area contributed by atoms with E-state index < -0.39 is 42.1 Å². The van der Waals surface area contributed by atoms with Gasteiger partial charge in [-0.15, -0.1) is 0 Å². The molecule has 2 rings (SSSR count). The second-order valence-electron chi connectivity index (χ2n) is 8.11. The largest absolute Gasteiger partial charge is 0.412 e. The molecule has 7 nitrogen and oxygen atoms in total. The van der Waals surface area contributed by atoms with Crippen LogP contribution < -0.4 is 0 Å². The van der Waals surface area contributed by atoms with Gasteiger partial charge in [-0.2, -0.15) is 13.5 Å². The lowest BCUT2D eigenvalue weighted by atomic mass is 9.97. The molecule has 0 amide bonds. The number of nitrogens with zero attached hydrogens (tertiary/aromatic N) is 4. The molecule has 0 spiro atoms. The number of halogens is 3. The van der Waals surface area contributed by atoms with Crippen LogP contribution in [0.2, 0.25) is 19.6 Å². The molecule has 0 aliphatic carbocycles. The number of hydrogen-bond acceptors (Lipinski definition) is 6. The fourth-order valence-corrected chi connectivity index (χ4v) is 6.11. The van der Waals surface area contributed by atoms with Gasteiger partial charge in [0.1, 0.15) is 0 Å². The average molecular weight is 463 g/mol. The summed E-state index contributed by atoms with van der Waals surface area (Å²) >= 11 is 0. The predicted octanol–water partition coefficient (Wildman–Crippen LogP) is 4.29. The van der Waals surface area contributed by atoms with Crippen LogP contribution in [0.1, 0.15) is 26.2 Å². The maximum absolute atomic E-state index is 13.4. The van der Waals surface area contributed by atoms with Crippen molar-refractivity contribution in [3.8, 4) is 5.69 Å². The van der Waals surface area contributed by atoms with E-state index in [0.717, 1.165) is 4.68 Å². The number of hydrogen-bond donors (Lipinski definition) is 0. The molecule has 0 bridgehead atoms. The molecule has 0 saturated heterocycles. The van der Waals surface area contributed by atoms with E-state index in [2.05, 4.69) is 15.5 Å². The highest BCUT2D eigenvalue weighted by Crippen LogP contribution is 2.31. The molecule has 1 aromatic carbocycles. The van der Waals surface area contributed by atoms with E-state index in [-0.39, 0.29) is 23.8 Å². The van der Waals surface area contributed by atoms with Crippen LogP contribution in [0.25, 0.3) is 5.69 Å². The van der Waals surface area contributed by atoms with Gasteiger partial charge < -0.3 is 4.43 Å². The maximum atomic E-state index is 13.4. The van der Waals surface area contributed by atoms with E-state index in [4.69, 9.17) is 4.43 Å². The van der Waals surface area contributed by atoms with Gasteiger partial charge in [0.15, 0.2) is 14.1 Å². The number of rotatable bonds is 10. The molecule has 0 aliphatic heterocycles. The number of aromatic nitrogens is 4. The van der Waals surface area contributed by atoms with Crippen LogP contribution in [0.4, 0.5) is 13.2 Å². The smallest absolute Gasteiger partial charge is 0.301 e. The minimum atomic E-state index is -3.93. The van der Waals surface area contributed by atoms with Gasteiger partial charge in [-0.3, -0.25) is 0 Å². The van der Waals surface area contributed by atoms with E-state index in [0.29, 0.717) is 5.69 Å². The van der Waals surface area contributed by atoms with E-state index in [1.807, 2.05) is 19.6 Å². The first-order valence-electron chi connectivity index (χ1n) is 9.29. The van der Waals surface area contributed by atoms with E-state index >= 15 is 0 Å². The Morgan fingerprint density at radius 3 is 2.33 bits per heavy atom. The Morgan fingerprint density at radius 1 is 1.13 bits per heavy atom. The first kappa shape index (κ1) is 24.2. The lowest BCUT2D eigenvalue weighted by molar-refractivity contribution is 0.0657. The number of para-hydroxylation sites is 1. The van der Waals surface area contributed by atoms with Gasteiger partial charge in [-0.05, 0) is 62.0 Å². The molecular formula is C18H25F3N4O3SSi. The third kappa shape index (κ3) is 6.74. The quantitative estimate of drug-likeness (QED) is 0.490. The van der Waals surface area contributed by atoms with Gasteiger partial charge in [0.2, 0.25) is 9.84 Å². The molecule has 12 heteroatoms. The summed E-state index contributed by atoms with van der Waals surface area (Å²) in [5.74, 6) is -1.90. The molecule has 0 fully saturated rings. The topological polar surface area (TPSA) is 87.0 Å². The van der Waals surface area contributed by atoms with Crippen LogP contribution in [0.15, 0.2) is 47.4 Å².